The lowest BCUT2D eigenvalue weighted by Crippen LogP contribution is -2.40. The highest BCUT2D eigenvalue weighted by atomic mass is 32.2. The van der Waals surface area contributed by atoms with Crippen molar-refractivity contribution in [2.75, 3.05) is 50.2 Å². The maximum Gasteiger partial charge on any atom is 0.255 e. The minimum absolute atomic E-state index is 0.0194. The van der Waals surface area contributed by atoms with Crippen LogP contribution >= 0.6 is 0 Å². The molecular weight excluding hydrogens is 478 g/mol. The van der Waals surface area contributed by atoms with Crippen molar-refractivity contribution >= 4 is 27.3 Å². The van der Waals surface area contributed by atoms with Gasteiger partial charge in [0.1, 0.15) is 10.6 Å². The highest BCUT2D eigenvalue weighted by molar-refractivity contribution is 7.89. The Bertz CT molecular complexity index is 1350. The Labute approximate surface area is 211 Å². The first-order valence-corrected chi connectivity index (χ1v) is 13.4. The van der Waals surface area contributed by atoms with Crippen LogP contribution in [0.5, 0.6) is 5.75 Å². The van der Waals surface area contributed by atoms with Crippen molar-refractivity contribution in [3.05, 3.63) is 83.4 Å². The van der Waals surface area contributed by atoms with Crippen LogP contribution < -0.4 is 15.0 Å². The molecule has 0 atom stereocenters. The first-order valence-electron chi connectivity index (χ1n) is 11.9. The average Bonchev–Trinajstić information content (AvgIpc) is 3.32. The second-order valence-electron chi connectivity index (χ2n) is 8.83. The van der Waals surface area contributed by atoms with Crippen LogP contribution in [0.4, 0.5) is 11.4 Å². The molecule has 1 N–H and O–H groups in total. The molecule has 2 aliphatic heterocycles. The zero-order valence-corrected chi connectivity index (χ0v) is 21.0. The number of benzene rings is 3. The summed E-state index contributed by atoms with van der Waals surface area (Å²) in [5, 5.41) is 2.82. The number of hydrogen-bond donors (Lipinski definition) is 1. The molecule has 2 heterocycles. The number of rotatable bonds is 7. The molecule has 1 fully saturated rings. The van der Waals surface area contributed by atoms with Crippen LogP contribution in [0.15, 0.2) is 71.6 Å². The molecule has 9 heteroatoms. The van der Waals surface area contributed by atoms with E-state index in [9.17, 15) is 13.2 Å². The number of amides is 1. The van der Waals surface area contributed by atoms with Gasteiger partial charge in [-0.1, -0.05) is 30.3 Å². The number of carbonyl (C=O) groups is 1. The van der Waals surface area contributed by atoms with Gasteiger partial charge in [0.25, 0.3) is 5.91 Å². The van der Waals surface area contributed by atoms with Gasteiger partial charge in [-0.05, 0) is 53.9 Å². The number of fused-ring (bicyclic) bond motifs is 1. The molecule has 3 aromatic rings. The Balaban J connectivity index is 1.29. The third-order valence-electron chi connectivity index (χ3n) is 6.58. The van der Waals surface area contributed by atoms with Crippen LogP contribution in [0.25, 0.3) is 0 Å². The lowest BCUT2D eigenvalue weighted by molar-refractivity contribution is 0.0729. The molecule has 8 nitrogen and oxygen atoms in total. The fraction of sp³-hybridized carbons (Fsp3) is 0.296. The molecule has 0 saturated carbocycles. The minimum atomic E-state index is -3.79. The lowest BCUT2D eigenvalue weighted by atomic mass is 10.1. The van der Waals surface area contributed by atoms with Gasteiger partial charge < -0.3 is 19.7 Å². The van der Waals surface area contributed by atoms with Crippen LogP contribution in [0.3, 0.4) is 0 Å². The van der Waals surface area contributed by atoms with Gasteiger partial charge in [0, 0.05) is 43.1 Å². The summed E-state index contributed by atoms with van der Waals surface area (Å²) in [5.41, 5.74) is 4.62. The maximum absolute atomic E-state index is 13.2. The zero-order chi connectivity index (χ0) is 25.1. The molecule has 0 bridgehead atoms. The third-order valence-corrected chi connectivity index (χ3v) is 8.50. The van der Waals surface area contributed by atoms with Gasteiger partial charge in [-0.3, -0.25) is 4.79 Å². The van der Waals surface area contributed by atoms with E-state index in [1.54, 1.807) is 24.3 Å². The highest BCUT2D eigenvalue weighted by Crippen LogP contribution is 2.31. The SMILES string of the molecule is COc1ccc(NC(=O)c2ccc(CN3CCc4ccccc43)cc2)cc1S(=O)(=O)N1CCOCC1. The van der Waals surface area contributed by atoms with Gasteiger partial charge in [0.05, 0.1) is 20.3 Å². The van der Waals surface area contributed by atoms with E-state index in [-0.39, 0.29) is 29.6 Å². The number of para-hydroxylation sites is 1. The Kier molecular flexibility index (Phi) is 6.95. The van der Waals surface area contributed by atoms with E-state index in [0.717, 1.165) is 25.1 Å². The van der Waals surface area contributed by atoms with Gasteiger partial charge >= 0.3 is 0 Å². The number of nitrogens with zero attached hydrogens (tertiary/aromatic N) is 2. The smallest absolute Gasteiger partial charge is 0.255 e. The van der Waals surface area contributed by atoms with Crippen molar-refractivity contribution in [1.82, 2.24) is 4.31 Å². The summed E-state index contributed by atoms with van der Waals surface area (Å²) in [6, 6.07) is 20.6. The molecular formula is C27H29N3O5S. The first kappa shape index (κ1) is 24.3. The minimum Gasteiger partial charge on any atom is -0.495 e. The molecule has 1 amide bonds. The monoisotopic (exact) mass is 507 g/mol. The molecule has 188 valence electrons. The van der Waals surface area contributed by atoms with Crippen LogP contribution in [-0.2, 0) is 27.7 Å². The van der Waals surface area contributed by atoms with Crippen molar-refractivity contribution in [1.29, 1.82) is 0 Å². The predicted octanol–water partition coefficient (Wildman–Crippen LogP) is 3.53. The van der Waals surface area contributed by atoms with E-state index < -0.39 is 10.0 Å². The number of carbonyl (C=O) groups excluding carboxylic acids is 1. The normalized spacial score (nSPS) is 16.0. The van der Waals surface area contributed by atoms with Crippen LogP contribution in [0.1, 0.15) is 21.5 Å². The Morgan fingerprint density at radius 3 is 2.50 bits per heavy atom. The Hall–Kier alpha value is -3.40. The standard InChI is InChI=1S/C27H29N3O5S/c1-34-25-11-10-23(18-26(25)36(32,33)30-14-16-35-17-15-30)28-27(31)22-8-6-20(7-9-22)19-29-13-12-21-4-2-3-5-24(21)29/h2-11,18H,12-17,19H2,1H3,(H,28,31). The number of methoxy groups -OCH3 is 1. The number of nitrogens with one attached hydrogen (secondary N) is 1. The van der Waals surface area contributed by atoms with E-state index in [1.807, 2.05) is 12.1 Å². The van der Waals surface area contributed by atoms with E-state index in [1.165, 1.54) is 28.7 Å². The summed E-state index contributed by atoms with van der Waals surface area (Å²) in [4.78, 5) is 15.3. The Morgan fingerprint density at radius 1 is 1.00 bits per heavy atom. The molecule has 1 saturated heterocycles. The Morgan fingerprint density at radius 2 is 1.75 bits per heavy atom. The predicted molar refractivity (Wildman–Crippen MR) is 138 cm³/mol. The molecule has 0 radical (unpaired) electrons. The third kappa shape index (κ3) is 4.95. The van der Waals surface area contributed by atoms with Gasteiger partial charge in [0.2, 0.25) is 10.0 Å². The quantitative estimate of drug-likeness (QED) is 0.527. The first-order chi connectivity index (χ1) is 17.5. The molecule has 5 rings (SSSR count). The van der Waals surface area contributed by atoms with E-state index >= 15 is 0 Å². The number of ether oxygens (including phenoxy) is 2. The van der Waals surface area contributed by atoms with Crippen molar-refractivity contribution in [2.24, 2.45) is 0 Å². The fourth-order valence-electron chi connectivity index (χ4n) is 4.64. The molecule has 2 aliphatic rings. The van der Waals surface area contributed by atoms with E-state index in [0.29, 0.717) is 24.5 Å². The lowest BCUT2D eigenvalue weighted by Gasteiger charge is -2.26. The second kappa shape index (κ2) is 10.3. The van der Waals surface area contributed by atoms with Crippen molar-refractivity contribution in [3.63, 3.8) is 0 Å². The van der Waals surface area contributed by atoms with E-state index in [4.69, 9.17) is 9.47 Å². The van der Waals surface area contributed by atoms with Crippen molar-refractivity contribution < 1.29 is 22.7 Å². The number of morpholine rings is 1. The van der Waals surface area contributed by atoms with Gasteiger partial charge in [-0.25, -0.2) is 8.42 Å². The highest BCUT2D eigenvalue weighted by Gasteiger charge is 2.29. The van der Waals surface area contributed by atoms with Crippen LogP contribution in [0.2, 0.25) is 0 Å². The topological polar surface area (TPSA) is 88.2 Å². The summed E-state index contributed by atoms with van der Waals surface area (Å²) in [6.45, 7) is 3.00. The average molecular weight is 508 g/mol. The maximum atomic E-state index is 13.2. The summed E-state index contributed by atoms with van der Waals surface area (Å²) in [7, 11) is -2.37. The second-order valence-corrected chi connectivity index (χ2v) is 10.7. The molecule has 3 aromatic carbocycles. The molecule has 36 heavy (non-hydrogen) atoms. The summed E-state index contributed by atoms with van der Waals surface area (Å²) in [5.74, 6) is -0.0831. The number of anilines is 2. The van der Waals surface area contributed by atoms with Gasteiger partial charge in [0.15, 0.2) is 0 Å². The molecule has 0 unspecified atom stereocenters. The summed E-state index contributed by atoms with van der Waals surface area (Å²) < 4.78 is 38.4. The van der Waals surface area contributed by atoms with Gasteiger partial charge in [-0.2, -0.15) is 4.31 Å². The largest absolute Gasteiger partial charge is 0.495 e. The summed E-state index contributed by atoms with van der Waals surface area (Å²) >= 11 is 0. The van der Waals surface area contributed by atoms with Crippen molar-refractivity contribution in [2.45, 2.75) is 17.9 Å². The summed E-state index contributed by atoms with van der Waals surface area (Å²) in [6.07, 6.45) is 1.04. The van der Waals surface area contributed by atoms with Crippen molar-refractivity contribution in [3.8, 4) is 5.75 Å². The van der Waals surface area contributed by atoms with Crippen LogP contribution in [-0.4, -0.2) is 58.6 Å². The fourth-order valence-corrected chi connectivity index (χ4v) is 6.23. The van der Waals surface area contributed by atoms with Crippen LogP contribution in [0, 0.1) is 0 Å². The van der Waals surface area contributed by atoms with Gasteiger partial charge in [-0.15, -0.1) is 0 Å². The number of sulfonamides is 1. The zero-order valence-electron chi connectivity index (χ0n) is 20.1. The molecule has 0 spiro atoms. The molecule has 0 aliphatic carbocycles. The number of hydrogen-bond acceptors (Lipinski definition) is 6. The molecule has 0 aromatic heterocycles. The van der Waals surface area contributed by atoms with E-state index in [2.05, 4.69) is 34.5 Å².